The Morgan fingerprint density at radius 1 is 1.14 bits per heavy atom. The number of ether oxygens (including phenoxy) is 1. The highest BCUT2D eigenvalue weighted by Gasteiger charge is 2.09. The van der Waals surface area contributed by atoms with E-state index >= 15 is 0 Å². The van der Waals surface area contributed by atoms with Crippen LogP contribution in [0.3, 0.4) is 0 Å². The topological polar surface area (TPSA) is 64.1 Å². The number of hydrogen-bond acceptors (Lipinski definition) is 4. The van der Waals surface area contributed by atoms with E-state index in [-0.39, 0.29) is 11.1 Å². The van der Waals surface area contributed by atoms with Crippen LogP contribution < -0.4 is 10.1 Å². The summed E-state index contributed by atoms with van der Waals surface area (Å²) in [6, 6.07) is 11.2. The number of hydrogen-bond donors (Lipinski definition) is 1. The minimum Gasteiger partial charge on any atom is -0.437 e. The highest BCUT2D eigenvalue weighted by atomic mass is 35.5. The molecule has 3 rings (SSSR count). The largest absolute Gasteiger partial charge is 0.437 e. The monoisotopic (exact) mass is 313 g/mol. The van der Waals surface area contributed by atoms with E-state index in [4.69, 9.17) is 16.3 Å². The summed E-state index contributed by atoms with van der Waals surface area (Å²) in [4.78, 5) is 19.3. The van der Waals surface area contributed by atoms with Gasteiger partial charge in [-0.15, -0.1) is 0 Å². The number of carbonyl (C=O) groups excluding carboxylic acids is 1. The smallest absolute Gasteiger partial charge is 0.239 e. The highest BCUT2D eigenvalue weighted by Crippen LogP contribution is 2.33. The summed E-state index contributed by atoms with van der Waals surface area (Å²) in [7, 11) is 0. The van der Waals surface area contributed by atoms with E-state index in [1.54, 1.807) is 12.1 Å². The Morgan fingerprint density at radius 2 is 1.91 bits per heavy atom. The average Bonchev–Trinajstić information content (AvgIpc) is 2.49. The van der Waals surface area contributed by atoms with Gasteiger partial charge in [-0.1, -0.05) is 35.9 Å². The molecule has 0 aliphatic carbocycles. The molecule has 2 aromatic carbocycles. The Kier molecular flexibility index (Phi) is 3.89. The zero-order chi connectivity index (χ0) is 15.5. The first-order chi connectivity index (χ1) is 10.6. The standard InChI is InChI=1S/C16H12ClN3O2/c1-10(21)19-13-6-7-14(12-5-3-2-4-11(12)13)22-16-9-18-8-15(17)20-16/h2-9H,1H3,(H,19,21). The molecule has 1 heterocycles. The molecule has 0 aliphatic rings. The van der Waals surface area contributed by atoms with Crippen molar-refractivity contribution in [2.75, 3.05) is 5.32 Å². The number of nitrogens with zero attached hydrogens (tertiary/aromatic N) is 2. The van der Waals surface area contributed by atoms with E-state index in [2.05, 4.69) is 15.3 Å². The lowest BCUT2D eigenvalue weighted by Gasteiger charge is -2.12. The number of amides is 1. The van der Waals surface area contributed by atoms with Crippen LogP contribution in [-0.4, -0.2) is 15.9 Å². The average molecular weight is 314 g/mol. The van der Waals surface area contributed by atoms with Crippen molar-refractivity contribution in [1.29, 1.82) is 0 Å². The second kappa shape index (κ2) is 5.99. The molecule has 0 aliphatic heterocycles. The van der Waals surface area contributed by atoms with Crippen LogP contribution in [0.5, 0.6) is 11.6 Å². The van der Waals surface area contributed by atoms with Gasteiger partial charge in [0, 0.05) is 23.4 Å². The van der Waals surface area contributed by atoms with Gasteiger partial charge in [0.2, 0.25) is 11.8 Å². The van der Waals surface area contributed by atoms with Crippen molar-refractivity contribution in [3.63, 3.8) is 0 Å². The predicted octanol–water partition coefficient (Wildman–Crippen LogP) is 4.03. The molecule has 0 fully saturated rings. The van der Waals surface area contributed by atoms with Gasteiger partial charge in [-0.25, -0.2) is 0 Å². The number of nitrogens with one attached hydrogen (secondary N) is 1. The van der Waals surface area contributed by atoms with Crippen LogP contribution in [0.25, 0.3) is 10.8 Å². The number of fused-ring (bicyclic) bond motifs is 1. The summed E-state index contributed by atoms with van der Waals surface area (Å²) >= 11 is 5.81. The fraction of sp³-hybridized carbons (Fsp3) is 0.0625. The van der Waals surface area contributed by atoms with E-state index in [0.29, 0.717) is 11.6 Å². The maximum absolute atomic E-state index is 11.3. The maximum Gasteiger partial charge on any atom is 0.239 e. The molecule has 110 valence electrons. The molecule has 0 bridgehead atoms. The Balaban J connectivity index is 2.06. The van der Waals surface area contributed by atoms with Gasteiger partial charge >= 0.3 is 0 Å². The zero-order valence-electron chi connectivity index (χ0n) is 11.7. The number of benzene rings is 2. The third kappa shape index (κ3) is 2.99. The second-order valence-electron chi connectivity index (χ2n) is 4.62. The summed E-state index contributed by atoms with van der Waals surface area (Å²) in [6.07, 6.45) is 2.93. The molecule has 22 heavy (non-hydrogen) atoms. The van der Waals surface area contributed by atoms with Gasteiger partial charge < -0.3 is 10.1 Å². The van der Waals surface area contributed by atoms with Gasteiger partial charge in [0.15, 0.2) is 5.15 Å². The quantitative estimate of drug-likeness (QED) is 0.792. The number of rotatable bonds is 3. The summed E-state index contributed by atoms with van der Waals surface area (Å²) in [6.45, 7) is 1.47. The Bertz CT molecular complexity index is 852. The van der Waals surface area contributed by atoms with E-state index in [1.165, 1.54) is 19.3 Å². The summed E-state index contributed by atoms with van der Waals surface area (Å²) in [5.41, 5.74) is 0.729. The molecule has 1 aromatic heterocycles. The van der Waals surface area contributed by atoms with Crippen molar-refractivity contribution in [2.24, 2.45) is 0 Å². The molecule has 3 aromatic rings. The number of carbonyl (C=O) groups is 1. The second-order valence-corrected chi connectivity index (χ2v) is 5.01. The zero-order valence-corrected chi connectivity index (χ0v) is 12.5. The lowest BCUT2D eigenvalue weighted by molar-refractivity contribution is -0.114. The summed E-state index contributed by atoms with van der Waals surface area (Å²) < 4.78 is 5.76. The molecule has 5 nitrogen and oxygen atoms in total. The Hall–Kier alpha value is -2.66. The van der Waals surface area contributed by atoms with Crippen LogP contribution in [0.4, 0.5) is 5.69 Å². The summed E-state index contributed by atoms with van der Waals surface area (Å²) in [5.74, 6) is 0.797. The first-order valence-corrected chi connectivity index (χ1v) is 6.96. The van der Waals surface area contributed by atoms with Crippen molar-refractivity contribution in [2.45, 2.75) is 6.92 Å². The third-order valence-electron chi connectivity index (χ3n) is 2.99. The first kappa shape index (κ1) is 14.3. The van der Waals surface area contributed by atoms with Crippen molar-refractivity contribution >= 4 is 34.0 Å². The minimum absolute atomic E-state index is 0.125. The first-order valence-electron chi connectivity index (χ1n) is 6.58. The van der Waals surface area contributed by atoms with Gasteiger partial charge in [-0.05, 0) is 12.1 Å². The third-order valence-corrected chi connectivity index (χ3v) is 3.17. The van der Waals surface area contributed by atoms with Crippen molar-refractivity contribution in [3.05, 3.63) is 53.9 Å². The Labute approximate surface area is 131 Å². The molecule has 0 radical (unpaired) electrons. The molecule has 0 atom stereocenters. The number of halogens is 1. The van der Waals surface area contributed by atoms with Gasteiger partial charge in [0.25, 0.3) is 0 Å². The SMILES string of the molecule is CC(=O)Nc1ccc(Oc2cncc(Cl)n2)c2ccccc12. The molecule has 6 heteroatoms. The van der Waals surface area contributed by atoms with E-state index < -0.39 is 0 Å². The van der Waals surface area contributed by atoms with E-state index in [0.717, 1.165) is 16.5 Å². The van der Waals surface area contributed by atoms with E-state index in [9.17, 15) is 4.79 Å². The van der Waals surface area contributed by atoms with Gasteiger partial charge in [0.05, 0.1) is 12.4 Å². The molecular formula is C16H12ClN3O2. The van der Waals surface area contributed by atoms with Crippen molar-refractivity contribution in [1.82, 2.24) is 9.97 Å². The molecule has 0 saturated carbocycles. The van der Waals surface area contributed by atoms with Crippen molar-refractivity contribution in [3.8, 4) is 11.6 Å². The van der Waals surface area contributed by atoms with Crippen LogP contribution >= 0.6 is 11.6 Å². The minimum atomic E-state index is -0.125. The van der Waals surface area contributed by atoms with Gasteiger partial charge in [-0.2, -0.15) is 4.98 Å². The normalized spacial score (nSPS) is 10.5. The molecular weight excluding hydrogens is 302 g/mol. The number of aromatic nitrogens is 2. The van der Waals surface area contributed by atoms with Crippen LogP contribution in [0.15, 0.2) is 48.8 Å². The fourth-order valence-electron chi connectivity index (χ4n) is 2.15. The molecule has 1 amide bonds. The Morgan fingerprint density at radius 3 is 2.64 bits per heavy atom. The highest BCUT2D eigenvalue weighted by molar-refractivity contribution is 6.29. The fourth-order valence-corrected chi connectivity index (χ4v) is 2.29. The molecule has 0 saturated heterocycles. The molecule has 1 N–H and O–H groups in total. The lowest BCUT2D eigenvalue weighted by atomic mass is 10.1. The molecule has 0 spiro atoms. The van der Waals surface area contributed by atoms with Crippen LogP contribution in [0, 0.1) is 0 Å². The maximum atomic E-state index is 11.3. The van der Waals surface area contributed by atoms with Crippen LogP contribution in [-0.2, 0) is 4.79 Å². The van der Waals surface area contributed by atoms with E-state index in [1.807, 2.05) is 24.3 Å². The van der Waals surface area contributed by atoms with Crippen molar-refractivity contribution < 1.29 is 9.53 Å². The van der Waals surface area contributed by atoms with Crippen LogP contribution in [0.1, 0.15) is 6.92 Å². The lowest BCUT2D eigenvalue weighted by Crippen LogP contribution is -2.06. The van der Waals surface area contributed by atoms with Gasteiger partial charge in [0.1, 0.15) is 5.75 Å². The number of anilines is 1. The molecule has 0 unspecified atom stereocenters. The van der Waals surface area contributed by atoms with Crippen LogP contribution in [0.2, 0.25) is 5.15 Å². The predicted molar refractivity (Wildman–Crippen MR) is 85.4 cm³/mol. The summed E-state index contributed by atoms with van der Waals surface area (Å²) in [5, 5.41) is 4.80. The van der Waals surface area contributed by atoms with Gasteiger partial charge in [-0.3, -0.25) is 9.78 Å².